The van der Waals surface area contributed by atoms with Gasteiger partial charge in [0, 0.05) is 5.56 Å². The van der Waals surface area contributed by atoms with Crippen LogP contribution < -0.4 is 0 Å². The molecule has 18 heavy (non-hydrogen) atoms. The molecule has 0 aliphatic carbocycles. The molecule has 1 aliphatic rings. The van der Waals surface area contributed by atoms with E-state index < -0.39 is 24.1 Å². The predicted octanol–water partition coefficient (Wildman–Crippen LogP) is 1.13. The number of benzene rings is 1. The zero-order valence-corrected chi connectivity index (χ0v) is 10.2. The lowest BCUT2D eigenvalue weighted by molar-refractivity contribution is -0.159. The number of rotatable bonds is 3. The van der Waals surface area contributed by atoms with Crippen molar-refractivity contribution in [2.45, 2.75) is 26.1 Å². The number of ether oxygens (including phenoxy) is 2. The van der Waals surface area contributed by atoms with Crippen LogP contribution in [0.4, 0.5) is 0 Å². The highest BCUT2D eigenvalue weighted by atomic mass is 16.6. The zero-order chi connectivity index (χ0) is 13.3. The van der Waals surface area contributed by atoms with Crippen LogP contribution in [0.15, 0.2) is 18.2 Å². The fourth-order valence-electron chi connectivity index (χ4n) is 1.93. The Balaban J connectivity index is 2.31. The first-order valence-corrected chi connectivity index (χ1v) is 5.70. The van der Waals surface area contributed by atoms with E-state index in [2.05, 4.69) is 0 Å². The molecule has 1 aromatic rings. The molecule has 5 nitrogen and oxygen atoms in total. The van der Waals surface area contributed by atoms with Gasteiger partial charge in [-0.2, -0.15) is 0 Å². The normalized spacial score (nSPS) is 19.1. The first-order valence-electron chi connectivity index (χ1n) is 5.70. The van der Waals surface area contributed by atoms with Gasteiger partial charge in [-0.1, -0.05) is 17.7 Å². The number of aliphatic hydroxyl groups is 1. The molecule has 1 N–H and O–H groups in total. The Labute approximate surface area is 104 Å². The van der Waals surface area contributed by atoms with Gasteiger partial charge in [0.15, 0.2) is 12.2 Å². The van der Waals surface area contributed by atoms with Crippen molar-refractivity contribution in [3.63, 3.8) is 0 Å². The van der Waals surface area contributed by atoms with Crippen molar-refractivity contribution in [1.29, 1.82) is 0 Å². The minimum atomic E-state index is -1.49. The SMILES string of the molecule is CCOC(=O)[C@@H](O)[C@@H]1OC(=O)c2ccc(C)cc21. The first-order chi connectivity index (χ1) is 8.54. The van der Waals surface area contributed by atoms with Gasteiger partial charge in [0.25, 0.3) is 0 Å². The molecule has 1 aromatic carbocycles. The van der Waals surface area contributed by atoms with E-state index in [4.69, 9.17) is 9.47 Å². The second-order valence-corrected chi connectivity index (χ2v) is 4.11. The van der Waals surface area contributed by atoms with Gasteiger partial charge in [0.1, 0.15) is 0 Å². The number of carbonyl (C=O) groups excluding carboxylic acids is 2. The topological polar surface area (TPSA) is 72.8 Å². The lowest BCUT2D eigenvalue weighted by atomic mass is 9.99. The molecule has 0 unspecified atom stereocenters. The number of esters is 2. The highest BCUT2D eigenvalue weighted by Crippen LogP contribution is 2.34. The highest BCUT2D eigenvalue weighted by molar-refractivity contribution is 5.95. The molecule has 0 spiro atoms. The monoisotopic (exact) mass is 250 g/mol. The van der Waals surface area contributed by atoms with E-state index in [1.165, 1.54) is 0 Å². The smallest absolute Gasteiger partial charge is 0.339 e. The van der Waals surface area contributed by atoms with Crippen molar-refractivity contribution < 1.29 is 24.2 Å². The Bertz CT molecular complexity index is 494. The molecule has 0 amide bonds. The number of aryl methyl sites for hydroxylation is 1. The molecule has 2 rings (SSSR count). The highest BCUT2D eigenvalue weighted by Gasteiger charge is 2.39. The summed E-state index contributed by atoms with van der Waals surface area (Å²) in [6, 6.07) is 5.14. The van der Waals surface area contributed by atoms with Gasteiger partial charge in [0.05, 0.1) is 12.2 Å². The van der Waals surface area contributed by atoms with Crippen molar-refractivity contribution in [3.05, 3.63) is 34.9 Å². The lowest BCUT2D eigenvalue weighted by Gasteiger charge is -2.16. The lowest BCUT2D eigenvalue weighted by Crippen LogP contribution is -2.30. The van der Waals surface area contributed by atoms with Crippen molar-refractivity contribution in [2.24, 2.45) is 0 Å². The minimum Gasteiger partial charge on any atom is -0.464 e. The van der Waals surface area contributed by atoms with Crippen LogP contribution in [0.2, 0.25) is 0 Å². The van der Waals surface area contributed by atoms with Crippen molar-refractivity contribution in [3.8, 4) is 0 Å². The fraction of sp³-hybridized carbons (Fsp3) is 0.385. The Hall–Kier alpha value is -1.88. The van der Waals surface area contributed by atoms with Gasteiger partial charge in [-0.25, -0.2) is 9.59 Å². The number of cyclic esters (lactones) is 1. The average Bonchev–Trinajstić information content (AvgIpc) is 2.65. The summed E-state index contributed by atoms with van der Waals surface area (Å²) in [4.78, 5) is 23.1. The molecule has 0 radical (unpaired) electrons. The first kappa shape index (κ1) is 12.6. The second kappa shape index (κ2) is 4.78. The third-order valence-electron chi connectivity index (χ3n) is 2.78. The molecular weight excluding hydrogens is 236 g/mol. The third-order valence-corrected chi connectivity index (χ3v) is 2.78. The molecule has 5 heteroatoms. The summed E-state index contributed by atoms with van der Waals surface area (Å²) in [5, 5.41) is 9.85. The minimum absolute atomic E-state index is 0.164. The number of fused-ring (bicyclic) bond motifs is 1. The molecule has 0 saturated heterocycles. The average molecular weight is 250 g/mol. The molecule has 1 heterocycles. The Morgan fingerprint density at radius 1 is 1.56 bits per heavy atom. The number of carbonyl (C=O) groups is 2. The predicted molar refractivity (Wildman–Crippen MR) is 62.0 cm³/mol. The number of hydrogen-bond acceptors (Lipinski definition) is 5. The van der Waals surface area contributed by atoms with Crippen molar-refractivity contribution >= 4 is 11.9 Å². The van der Waals surface area contributed by atoms with Gasteiger partial charge < -0.3 is 14.6 Å². The van der Waals surface area contributed by atoms with Gasteiger partial charge in [0.2, 0.25) is 0 Å². The van der Waals surface area contributed by atoms with Crippen LogP contribution in [0.1, 0.15) is 34.5 Å². The van der Waals surface area contributed by atoms with E-state index in [0.717, 1.165) is 5.56 Å². The van der Waals surface area contributed by atoms with E-state index in [9.17, 15) is 14.7 Å². The van der Waals surface area contributed by atoms with Crippen LogP contribution in [0.25, 0.3) is 0 Å². The summed E-state index contributed by atoms with van der Waals surface area (Å²) in [6.45, 7) is 3.66. The molecule has 0 fully saturated rings. The van der Waals surface area contributed by atoms with Gasteiger partial charge in [-0.3, -0.25) is 0 Å². The summed E-state index contributed by atoms with van der Waals surface area (Å²) < 4.78 is 9.74. The number of hydrogen-bond donors (Lipinski definition) is 1. The van der Waals surface area contributed by atoms with Crippen molar-refractivity contribution in [1.82, 2.24) is 0 Å². The molecule has 96 valence electrons. The molecule has 0 saturated carbocycles. The fourth-order valence-corrected chi connectivity index (χ4v) is 1.93. The summed E-state index contributed by atoms with van der Waals surface area (Å²) >= 11 is 0. The van der Waals surface area contributed by atoms with Crippen LogP contribution in [0.5, 0.6) is 0 Å². The zero-order valence-electron chi connectivity index (χ0n) is 10.2. The van der Waals surface area contributed by atoms with Crippen LogP contribution >= 0.6 is 0 Å². The van der Waals surface area contributed by atoms with E-state index in [1.807, 2.05) is 6.92 Å². The quantitative estimate of drug-likeness (QED) is 0.814. The van der Waals surface area contributed by atoms with Crippen LogP contribution in [-0.4, -0.2) is 29.8 Å². The van der Waals surface area contributed by atoms with Gasteiger partial charge in [-0.15, -0.1) is 0 Å². The molecule has 0 bridgehead atoms. The Kier molecular flexibility index (Phi) is 3.34. The van der Waals surface area contributed by atoms with E-state index in [0.29, 0.717) is 11.1 Å². The third kappa shape index (κ3) is 2.09. The van der Waals surface area contributed by atoms with Crippen LogP contribution in [-0.2, 0) is 14.3 Å². The van der Waals surface area contributed by atoms with Crippen LogP contribution in [0, 0.1) is 6.92 Å². The second-order valence-electron chi connectivity index (χ2n) is 4.11. The van der Waals surface area contributed by atoms with Crippen LogP contribution in [0.3, 0.4) is 0 Å². The van der Waals surface area contributed by atoms with Crippen molar-refractivity contribution in [2.75, 3.05) is 6.61 Å². The van der Waals surface area contributed by atoms with Gasteiger partial charge >= 0.3 is 11.9 Å². The van der Waals surface area contributed by atoms with Gasteiger partial charge in [-0.05, 0) is 19.9 Å². The molecular formula is C13H14O5. The summed E-state index contributed by atoms with van der Waals surface area (Å²) in [7, 11) is 0. The summed E-state index contributed by atoms with van der Waals surface area (Å²) in [6.07, 6.45) is -2.47. The van der Waals surface area contributed by atoms with E-state index >= 15 is 0 Å². The maximum atomic E-state index is 11.6. The summed E-state index contributed by atoms with van der Waals surface area (Å²) in [5.41, 5.74) is 1.84. The molecule has 2 atom stereocenters. The van der Waals surface area contributed by atoms with E-state index in [1.54, 1.807) is 25.1 Å². The standard InChI is InChI=1S/C13H14O5/c1-3-17-13(16)10(14)11-9-6-7(2)4-5-8(9)12(15)18-11/h4-6,10-11,14H,3H2,1-2H3/t10-,11+/m0/s1. The Morgan fingerprint density at radius 2 is 2.28 bits per heavy atom. The Morgan fingerprint density at radius 3 is 2.94 bits per heavy atom. The largest absolute Gasteiger partial charge is 0.464 e. The molecule has 1 aliphatic heterocycles. The maximum Gasteiger partial charge on any atom is 0.339 e. The summed E-state index contributed by atoms with van der Waals surface area (Å²) in [5.74, 6) is -1.32. The number of aliphatic hydroxyl groups excluding tert-OH is 1. The molecule has 0 aromatic heterocycles. The van der Waals surface area contributed by atoms with E-state index in [-0.39, 0.29) is 6.61 Å². The maximum absolute atomic E-state index is 11.6.